The summed E-state index contributed by atoms with van der Waals surface area (Å²) in [5, 5.41) is 10.6. The number of furan rings is 1. The van der Waals surface area contributed by atoms with Crippen molar-refractivity contribution in [1.29, 1.82) is 0 Å². The fourth-order valence-corrected chi connectivity index (χ4v) is 5.02. The van der Waals surface area contributed by atoms with Gasteiger partial charge in [0.25, 0.3) is 0 Å². The first-order chi connectivity index (χ1) is 15.9. The average Bonchev–Trinajstić information content (AvgIpc) is 3.13. The molecule has 0 saturated carbocycles. The van der Waals surface area contributed by atoms with Crippen LogP contribution in [0.2, 0.25) is 0 Å². The second-order valence-electron chi connectivity index (χ2n) is 8.23. The third-order valence-electron chi connectivity index (χ3n) is 5.51. The zero-order valence-corrected chi connectivity index (χ0v) is 18.9. The van der Waals surface area contributed by atoms with Crippen LogP contribution >= 0.6 is 0 Å². The van der Waals surface area contributed by atoms with Gasteiger partial charge in [-0.1, -0.05) is 32.0 Å². The molecule has 34 heavy (non-hydrogen) atoms. The van der Waals surface area contributed by atoms with Crippen LogP contribution in [-0.2, 0) is 21.0 Å². The summed E-state index contributed by atoms with van der Waals surface area (Å²) < 4.78 is 72.0. The molecule has 4 rings (SSSR count). The monoisotopic (exact) mass is 491 g/mol. The van der Waals surface area contributed by atoms with Gasteiger partial charge in [-0.15, -0.1) is 0 Å². The van der Waals surface area contributed by atoms with E-state index < -0.39 is 39.7 Å². The minimum absolute atomic E-state index is 0.145. The number of nitrogens with one attached hydrogen (secondary N) is 1. The normalized spacial score (nSPS) is 13.6. The Balaban J connectivity index is 1.72. The quantitative estimate of drug-likeness (QED) is 0.363. The van der Waals surface area contributed by atoms with E-state index in [-0.39, 0.29) is 10.5 Å². The second kappa shape index (κ2) is 8.44. The number of halogens is 3. The van der Waals surface area contributed by atoms with E-state index in [2.05, 4.69) is 4.72 Å². The summed E-state index contributed by atoms with van der Waals surface area (Å²) in [6.07, 6.45) is -4.42. The van der Waals surface area contributed by atoms with Crippen molar-refractivity contribution in [3.8, 4) is 11.1 Å². The average molecular weight is 491 g/mol. The summed E-state index contributed by atoms with van der Waals surface area (Å²) in [6, 6.07) is 12.8. The lowest BCUT2D eigenvalue weighted by atomic mass is 10.0. The zero-order chi connectivity index (χ0) is 24.8. The van der Waals surface area contributed by atoms with E-state index in [9.17, 15) is 31.5 Å². The van der Waals surface area contributed by atoms with E-state index in [1.807, 2.05) is 0 Å². The Morgan fingerprint density at radius 1 is 0.912 bits per heavy atom. The van der Waals surface area contributed by atoms with E-state index in [0.29, 0.717) is 27.5 Å². The van der Waals surface area contributed by atoms with E-state index in [0.717, 1.165) is 12.1 Å². The maximum Gasteiger partial charge on any atom is 0.416 e. The minimum atomic E-state index is -4.42. The molecular formula is C24H20F3NO5S. The van der Waals surface area contributed by atoms with E-state index in [4.69, 9.17) is 4.42 Å². The lowest BCUT2D eigenvalue weighted by Gasteiger charge is -2.17. The Morgan fingerprint density at radius 2 is 1.56 bits per heavy atom. The summed E-state index contributed by atoms with van der Waals surface area (Å²) >= 11 is 0. The lowest BCUT2D eigenvalue weighted by Crippen LogP contribution is -2.44. The highest BCUT2D eigenvalue weighted by Gasteiger charge is 2.30. The first-order valence-electron chi connectivity index (χ1n) is 10.3. The van der Waals surface area contributed by atoms with Gasteiger partial charge in [-0.3, -0.25) is 4.79 Å². The molecule has 4 aromatic rings. The first-order valence-corrected chi connectivity index (χ1v) is 11.7. The van der Waals surface area contributed by atoms with Crippen molar-refractivity contribution in [1.82, 2.24) is 4.72 Å². The number of carboxylic acid groups (broad SMARTS) is 1. The van der Waals surface area contributed by atoms with Crippen molar-refractivity contribution in [2.45, 2.75) is 31.0 Å². The molecule has 0 unspecified atom stereocenters. The third-order valence-corrected chi connectivity index (χ3v) is 6.95. The number of rotatable bonds is 6. The summed E-state index contributed by atoms with van der Waals surface area (Å²) in [6.45, 7) is 3.19. The van der Waals surface area contributed by atoms with Crippen LogP contribution in [0.4, 0.5) is 13.2 Å². The fraction of sp³-hybridized carbons (Fsp3) is 0.208. The number of aliphatic carboxylic acids is 1. The van der Waals surface area contributed by atoms with Crippen LogP contribution in [-0.4, -0.2) is 25.5 Å². The molecule has 2 N–H and O–H groups in total. The van der Waals surface area contributed by atoms with Gasteiger partial charge in [0.15, 0.2) is 0 Å². The molecule has 0 amide bonds. The van der Waals surface area contributed by atoms with Gasteiger partial charge in [0.1, 0.15) is 17.2 Å². The number of sulfonamides is 1. The Kier molecular flexibility index (Phi) is 5.91. The Labute approximate surface area is 193 Å². The number of fused-ring (bicyclic) bond motifs is 3. The summed E-state index contributed by atoms with van der Waals surface area (Å²) in [5.74, 6) is -1.75. The molecule has 0 aliphatic rings. The number of carbonyl (C=O) groups is 1. The molecule has 3 aromatic carbocycles. The predicted octanol–water partition coefficient (Wildman–Crippen LogP) is 5.66. The molecule has 1 aromatic heterocycles. The van der Waals surface area contributed by atoms with Crippen LogP contribution in [0.1, 0.15) is 19.4 Å². The molecule has 1 heterocycles. The molecule has 0 radical (unpaired) electrons. The number of hydrogen-bond acceptors (Lipinski definition) is 4. The molecule has 0 spiro atoms. The van der Waals surface area contributed by atoms with Gasteiger partial charge >= 0.3 is 12.1 Å². The van der Waals surface area contributed by atoms with Gasteiger partial charge in [0.05, 0.1) is 10.5 Å². The minimum Gasteiger partial charge on any atom is -0.480 e. The molecular weight excluding hydrogens is 471 g/mol. The van der Waals surface area contributed by atoms with Crippen molar-refractivity contribution in [2.75, 3.05) is 0 Å². The van der Waals surface area contributed by atoms with Gasteiger partial charge in [-0.25, -0.2) is 8.42 Å². The summed E-state index contributed by atoms with van der Waals surface area (Å²) in [4.78, 5) is 11.3. The topological polar surface area (TPSA) is 96.6 Å². The van der Waals surface area contributed by atoms with Gasteiger partial charge in [-0.05, 0) is 53.4 Å². The molecule has 1 atom stereocenters. The van der Waals surface area contributed by atoms with Gasteiger partial charge < -0.3 is 9.52 Å². The van der Waals surface area contributed by atoms with Crippen LogP contribution in [0.3, 0.4) is 0 Å². The maximum atomic E-state index is 12.8. The largest absolute Gasteiger partial charge is 0.480 e. The van der Waals surface area contributed by atoms with Crippen molar-refractivity contribution < 1.29 is 35.9 Å². The highest BCUT2D eigenvalue weighted by atomic mass is 32.2. The van der Waals surface area contributed by atoms with Crippen molar-refractivity contribution >= 4 is 37.9 Å². The molecule has 6 nitrogen and oxygen atoms in total. The van der Waals surface area contributed by atoms with Crippen LogP contribution in [0.5, 0.6) is 0 Å². The van der Waals surface area contributed by atoms with Crippen molar-refractivity contribution in [3.63, 3.8) is 0 Å². The van der Waals surface area contributed by atoms with Gasteiger partial charge in [0.2, 0.25) is 10.0 Å². The van der Waals surface area contributed by atoms with Crippen molar-refractivity contribution in [3.05, 3.63) is 66.2 Å². The highest BCUT2D eigenvalue weighted by Crippen LogP contribution is 2.35. The highest BCUT2D eigenvalue weighted by molar-refractivity contribution is 7.89. The fourth-order valence-electron chi connectivity index (χ4n) is 3.66. The molecule has 0 aliphatic heterocycles. The Hall–Kier alpha value is -3.37. The molecule has 0 fully saturated rings. The zero-order valence-electron chi connectivity index (χ0n) is 18.1. The van der Waals surface area contributed by atoms with Crippen LogP contribution < -0.4 is 4.72 Å². The second-order valence-corrected chi connectivity index (χ2v) is 9.94. The predicted molar refractivity (Wildman–Crippen MR) is 121 cm³/mol. The standard InChI is InChI=1S/C24H20F3NO5S/c1-13(2)22(23(29)30)28-34(31,32)17-8-9-18-19-11-15(5-10-20(19)33-21(18)12-17)14-3-6-16(7-4-14)24(25,26)27/h3-13,22,28H,1-2H3,(H,29,30)/t22-/m0/s1. The van der Waals surface area contributed by atoms with E-state index in [1.54, 1.807) is 38.1 Å². The summed E-state index contributed by atoms with van der Waals surface area (Å²) in [7, 11) is -4.13. The molecule has 0 saturated heterocycles. The number of alkyl halides is 3. The van der Waals surface area contributed by atoms with E-state index in [1.165, 1.54) is 24.3 Å². The van der Waals surface area contributed by atoms with Crippen LogP contribution in [0.25, 0.3) is 33.1 Å². The summed E-state index contributed by atoms with van der Waals surface area (Å²) in [5.41, 5.74) is 1.26. The molecule has 10 heteroatoms. The maximum absolute atomic E-state index is 12.8. The third kappa shape index (κ3) is 4.51. The van der Waals surface area contributed by atoms with E-state index >= 15 is 0 Å². The van der Waals surface area contributed by atoms with Gasteiger partial charge in [0, 0.05) is 16.8 Å². The molecule has 0 aliphatic carbocycles. The number of hydrogen-bond donors (Lipinski definition) is 2. The van der Waals surface area contributed by atoms with Crippen molar-refractivity contribution in [2.24, 2.45) is 5.92 Å². The lowest BCUT2D eigenvalue weighted by molar-refractivity contribution is -0.140. The van der Waals surface area contributed by atoms with Gasteiger partial charge in [-0.2, -0.15) is 17.9 Å². The SMILES string of the molecule is CC(C)[C@H](NS(=O)(=O)c1ccc2c(c1)oc1ccc(-c3ccc(C(F)(F)F)cc3)cc12)C(=O)O. The Morgan fingerprint density at radius 3 is 2.15 bits per heavy atom. The first kappa shape index (κ1) is 23.8. The van der Waals surface area contributed by atoms with Crippen LogP contribution in [0.15, 0.2) is 70.0 Å². The molecule has 0 bridgehead atoms. The van der Waals surface area contributed by atoms with Crippen LogP contribution in [0, 0.1) is 5.92 Å². The smallest absolute Gasteiger partial charge is 0.416 e. The molecule has 178 valence electrons. The number of carboxylic acids is 1. The number of benzene rings is 3. The Bertz CT molecular complexity index is 1490.